The summed E-state index contributed by atoms with van der Waals surface area (Å²) in [4.78, 5) is 36.1. The van der Waals surface area contributed by atoms with Crippen LogP contribution in [-0.2, 0) is 11.5 Å². The van der Waals surface area contributed by atoms with E-state index in [0.29, 0.717) is 66.1 Å². The summed E-state index contributed by atoms with van der Waals surface area (Å²) in [6.07, 6.45) is 6.77. The molecule has 0 spiro atoms. The van der Waals surface area contributed by atoms with Crippen LogP contribution >= 0.6 is 11.6 Å². The van der Waals surface area contributed by atoms with Gasteiger partial charge in [-0.05, 0) is 43.5 Å². The Morgan fingerprint density at radius 3 is 2.70 bits per heavy atom. The summed E-state index contributed by atoms with van der Waals surface area (Å²) in [6, 6.07) is 4.63. The van der Waals surface area contributed by atoms with Crippen LogP contribution in [0.1, 0.15) is 44.9 Å². The number of carbonyl (C=O) groups excluding carboxylic acids is 1. The summed E-state index contributed by atoms with van der Waals surface area (Å²) < 4.78 is 13.2. The standard InChI is InChI=1S/C34H43ClFN9O/c1-8-25-19-43(34(46)28-14-21(3)38-20-39-28)12-13-44(25)32-23(5)31-33(37-17-30(41-31)42(6)7)45(29(32)9-2)18-22(4)40-27-11-10-24(16-36)15-26(27)35/h10-11,14-15,17,20,25,28,40H,4-5,8-9,12-13,16,18-19H2,1-3,6-7H3,(H,38,39). The predicted molar refractivity (Wildman–Crippen MR) is 186 cm³/mol. The molecule has 3 aliphatic rings. The van der Waals surface area contributed by atoms with E-state index in [1.54, 1.807) is 30.7 Å². The zero-order valence-corrected chi connectivity index (χ0v) is 28.0. The van der Waals surface area contributed by atoms with Crippen molar-refractivity contribution in [3.05, 3.63) is 82.7 Å². The summed E-state index contributed by atoms with van der Waals surface area (Å²) in [7, 11) is 3.87. The number of alkyl halides is 1. The van der Waals surface area contributed by atoms with Crippen molar-refractivity contribution in [2.45, 2.75) is 52.4 Å². The highest BCUT2D eigenvalue weighted by Gasteiger charge is 2.38. The Labute approximate surface area is 276 Å². The van der Waals surface area contributed by atoms with Gasteiger partial charge in [-0.25, -0.2) is 14.4 Å². The van der Waals surface area contributed by atoms with Crippen LogP contribution in [-0.4, -0.2) is 84.4 Å². The Kier molecular flexibility index (Phi) is 10.0. The molecule has 1 aromatic heterocycles. The molecule has 46 heavy (non-hydrogen) atoms. The lowest BCUT2D eigenvalue weighted by atomic mass is 9.96. The highest BCUT2D eigenvalue weighted by atomic mass is 35.5. The molecule has 2 N–H and O–H groups in total. The average molecular weight is 648 g/mol. The second-order valence-corrected chi connectivity index (χ2v) is 12.3. The van der Waals surface area contributed by atoms with Gasteiger partial charge in [0.1, 0.15) is 18.2 Å². The zero-order valence-electron chi connectivity index (χ0n) is 27.3. The van der Waals surface area contributed by atoms with Gasteiger partial charge in [-0.2, -0.15) is 0 Å². The summed E-state index contributed by atoms with van der Waals surface area (Å²) in [5.41, 5.74) is 6.33. The van der Waals surface area contributed by atoms with E-state index in [1.807, 2.05) is 36.9 Å². The molecule has 2 atom stereocenters. The second kappa shape index (κ2) is 13.9. The van der Waals surface area contributed by atoms with E-state index in [4.69, 9.17) is 21.6 Å². The molecule has 0 aliphatic carbocycles. The summed E-state index contributed by atoms with van der Waals surface area (Å²) in [5, 5.41) is 6.78. The number of nitrogens with zero attached hydrogens (tertiary/aromatic N) is 7. The van der Waals surface area contributed by atoms with Gasteiger partial charge in [0, 0.05) is 62.4 Å². The molecule has 1 aromatic carbocycles. The maximum Gasteiger partial charge on any atom is 0.251 e. The van der Waals surface area contributed by atoms with Crippen molar-refractivity contribution < 1.29 is 9.18 Å². The Balaban J connectivity index is 1.48. The van der Waals surface area contributed by atoms with Gasteiger partial charge in [0.05, 0.1) is 35.5 Å². The average Bonchev–Trinajstić information content (AvgIpc) is 3.05. The molecule has 2 aromatic rings. The van der Waals surface area contributed by atoms with E-state index in [1.165, 1.54) is 0 Å². The number of rotatable bonds is 10. The number of allylic oxidation sites excluding steroid dienone is 3. The molecular weight excluding hydrogens is 605 g/mol. The maximum atomic E-state index is 13.5. The van der Waals surface area contributed by atoms with E-state index in [9.17, 15) is 9.18 Å². The fourth-order valence-corrected chi connectivity index (χ4v) is 6.38. The number of carbonyl (C=O) groups is 1. The number of hydrogen-bond acceptors (Lipinski definition) is 9. The minimum absolute atomic E-state index is 0.0106. The summed E-state index contributed by atoms with van der Waals surface area (Å²) in [5.74, 6) is 1.44. The van der Waals surface area contributed by atoms with Gasteiger partial charge >= 0.3 is 0 Å². The molecule has 2 unspecified atom stereocenters. The molecule has 12 heteroatoms. The fourth-order valence-electron chi connectivity index (χ4n) is 6.13. The minimum Gasteiger partial charge on any atom is -0.363 e. The molecule has 1 amide bonds. The number of nitrogens with one attached hydrogen (secondary N) is 2. The van der Waals surface area contributed by atoms with Crippen molar-refractivity contribution in [2.75, 3.05) is 55.4 Å². The smallest absolute Gasteiger partial charge is 0.251 e. The topological polar surface area (TPSA) is 92.2 Å². The van der Waals surface area contributed by atoms with Crippen molar-refractivity contribution in [1.29, 1.82) is 0 Å². The lowest BCUT2D eigenvalue weighted by Crippen LogP contribution is -2.56. The first-order valence-corrected chi connectivity index (χ1v) is 16.0. The largest absolute Gasteiger partial charge is 0.363 e. The first-order valence-electron chi connectivity index (χ1n) is 15.6. The Bertz CT molecular complexity index is 1620. The number of benzene rings is 1. The van der Waals surface area contributed by atoms with E-state index < -0.39 is 12.7 Å². The molecule has 244 valence electrons. The fraction of sp³-hybridized carbons (Fsp3) is 0.412. The quantitative estimate of drug-likeness (QED) is 0.346. The van der Waals surface area contributed by atoms with E-state index >= 15 is 0 Å². The number of piperazine rings is 1. The molecule has 1 fully saturated rings. The number of hydrogen-bond donors (Lipinski definition) is 2. The third-order valence-corrected chi connectivity index (χ3v) is 8.86. The van der Waals surface area contributed by atoms with Gasteiger partial charge in [0.15, 0.2) is 11.9 Å². The van der Waals surface area contributed by atoms with Gasteiger partial charge in [-0.1, -0.05) is 44.7 Å². The third-order valence-electron chi connectivity index (χ3n) is 8.55. The Morgan fingerprint density at radius 2 is 2.04 bits per heavy atom. The van der Waals surface area contributed by atoms with Gasteiger partial charge in [0.2, 0.25) is 0 Å². The Hall–Kier alpha value is -4.38. The first kappa shape index (κ1) is 33.0. The molecular formula is C34H43ClFN9O. The van der Waals surface area contributed by atoms with Crippen LogP contribution in [0.2, 0.25) is 5.02 Å². The highest BCUT2D eigenvalue weighted by Crippen LogP contribution is 2.42. The van der Waals surface area contributed by atoms with E-state index in [-0.39, 0.29) is 11.9 Å². The Morgan fingerprint density at radius 1 is 1.26 bits per heavy atom. The number of amides is 1. The summed E-state index contributed by atoms with van der Waals surface area (Å²) >= 11 is 6.47. The molecule has 4 heterocycles. The van der Waals surface area contributed by atoms with Crippen molar-refractivity contribution in [3.63, 3.8) is 0 Å². The first-order chi connectivity index (χ1) is 22.1. The summed E-state index contributed by atoms with van der Waals surface area (Å²) in [6.45, 7) is 16.7. The van der Waals surface area contributed by atoms with Gasteiger partial charge < -0.3 is 30.2 Å². The second-order valence-electron chi connectivity index (χ2n) is 11.9. The number of aliphatic imine (C=N–C) groups is 1. The van der Waals surface area contributed by atoms with Crippen LogP contribution in [0.25, 0.3) is 5.57 Å². The predicted octanol–water partition coefficient (Wildman–Crippen LogP) is 5.57. The number of aromatic nitrogens is 2. The lowest BCUT2D eigenvalue weighted by molar-refractivity contribution is -0.134. The highest BCUT2D eigenvalue weighted by molar-refractivity contribution is 6.33. The van der Waals surface area contributed by atoms with Crippen molar-refractivity contribution in [2.24, 2.45) is 4.99 Å². The third kappa shape index (κ3) is 6.60. The van der Waals surface area contributed by atoms with Crippen molar-refractivity contribution >= 4 is 46.7 Å². The SMILES string of the molecule is C=C(CN1C(CC)=C(N2CCN(C(=O)C3C=C(C)NC=N3)CC2CC)C(=C)c2nc(N(C)C)cnc21)Nc1ccc(CF)cc1Cl. The van der Waals surface area contributed by atoms with Crippen molar-refractivity contribution in [3.8, 4) is 0 Å². The zero-order chi connectivity index (χ0) is 33.1. The molecule has 3 aliphatic heterocycles. The monoisotopic (exact) mass is 647 g/mol. The van der Waals surface area contributed by atoms with Crippen LogP contribution in [0.5, 0.6) is 0 Å². The molecule has 1 saturated heterocycles. The van der Waals surface area contributed by atoms with Gasteiger partial charge in [-0.15, -0.1) is 0 Å². The normalized spacial score (nSPS) is 19.5. The lowest BCUT2D eigenvalue weighted by Gasteiger charge is -2.47. The van der Waals surface area contributed by atoms with Gasteiger partial charge in [-0.3, -0.25) is 9.79 Å². The van der Waals surface area contributed by atoms with Crippen LogP contribution < -0.4 is 20.4 Å². The number of halogens is 2. The van der Waals surface area contributed by atoms with E-state index in [2.05, 4.69) is 52.4 Å². The van der Waals surface area contributed by atoms with Crippen LogP contribution in [0.3, 0.4) is 0 Å². The van der Waals surface area contributed by atoms with Gasteiger partial charge in [0.25, 0.3) is 5.91 Å². The molecule has 0 bridgehead atoms. The minimum atomic E-state index is -0.583. The van der Waals surface area contributed by atoms with Crippen LogP contribution in [0, 0.1) is 0 Å². The number of anilines is 3. The maximum absolute atomic E-state index is 13.5. The molecule has 10 nitrogen and oxygen atoms in total. The van der Waals surface area contributed by atoms with E-state index in [0.717, 1.165) is 34.9 Å². The van der Waals surface area contributed by atoms with Crippen LogP contribution in [0.15, 0.2) is 71.4 Å². The number of fused-ring (bicyclic) bond motifs is 1. The molecule has 5 rings (SSSR count). The van der Waals surface area contributed by atoms with Crippen LogP contribution in [0.4, 0.5) is 21.7 Å². The van der Waals surface area contributed by atoms with Crippen molar-refractivity contribution in [1.82, 2.24) is 25.1 Å². The molecule has 0 radical (unpaired) electrons. The molecule has 0 saturated carbocycles.